The first-order valence-corrected chi connectivity index (χ1v) is 12.9. The van der Waals surface area contributed by atoms with Crippen molar-refractivity contribution in [3.8, 4) is 11.8 Å². The fourth-order valence-electron chi connectivity index (χ4n) is 3.57. The highest BCUT2D eigenvalue weighted by Crippen LogP contribution is 2.47. The van der Waals surface area contributed by atoms with Gasteiger partial charge in [-0.2, -0.15) is 0 Å². The highest BCUT2D eigenvalue weighted by Gasteiger charge is 2.52. The Hall–Kier alpha value is -1.38. The van der Waals surface area contributed by atoms with Crippen molar-refractivity contribution in [2.75, 3.05) is 0 Å². The maximum Gasteiger partial charge on any atom is 0.306 e. The SMILES string of the molecule is CC#CCC(C)C(=O)/C=C/[C@H]1C(O[Si](C)(C)C(C)(C)C)C[C@@H]2OC(=O)C[C@@H]21. The fraction of sp³-hybridized carbons (Fsp3) is 0.727. The van der Waals surface area contributed by atoms with Crippen molar-refractivity contribution in [3.63, 3.8) is 0 Å². The predicted octanol–water partition coefficient (Wildman–Crippen LogP) is 4.50. The van der Waals surface area contributed by atoms with Gasteiger partial charge in [0.25, 0.3) is 0 Å². The largest absolute Gasteiger partial charge is 0.462 e. The molecule has 1 heterocycles. The van der Waals surface area contributed by atoms with Gasteiger partial charge in [0.2, 0.25) is 0 Å². The molecule has 0 spiro atoms. The van der Waals surface area contributed by atoms with E-state index < -0.39 is 8.32 Å². The highest BCUT2D eigenvalue weighted by atomic mass is 28.4. The summed E-state index contributed by atoms with van der Waals surface area (Å²) in [6.07, 6.45) is 5.29. The number of carbonyl (C=O) groups is 2. The summed E-state index contributed by atoms with van der Waals surface area (Å²) in [6, 6.07) is 0. The molecular weight excluding hydrogens is 356 g/mol. The van der Waals surface area contributed by atoms with E-state index in [1.165, 1.54) is 0 Å². The molecule has 5 atom stereocenters. The lowest BCUT2D eigenvalue weighted by atomic mass is 9.90. The first-order valence-electron chi connectivity index (χ1n) is 9.95. The van der Waals surface area contributed by atoms with Crippen molar-refractivity contribution in [1.29, 1.82) is 0 Å². The normalized spacial score (nSPS) is 29.2. The van der Waals surface area contributed by atoms with Gasteiger partial charge in [0, 0.05) is 30.6 Å². The predicted molar refractivity (Wildman–Crippen MR) is 110 cm³/mol. The van der Waals surface area contributed by atoms with Crippen LogP contribution in [0.2, 0.25) is 18.1 Å². The van der Waals surface area contributed by atoms with Gasteiger partial charge in [-0.05, 0) is 31.1 Å². The van der Waals surface area contributed by atoms with E-state index in [0.29, 0.717) is 12.8 Å². The third-order valence-corrected chi connectivity index (χ3v) is 10.9. The van der Waals surface area contributed by atoms with E-state index in [2.05, 4.69) is 45.7 Å². The molecule has 0 aromatic heterocycles. The molecular formula is C22H34O4Si. The average molecular weight is 391 g/mol. The molecule has 1 aliphatic heterocycles. The number of ether oxygens (including phenoxy) is 1. The van der Waals surface area contributed by atoms with E-state index in [9.17, 15) is 9.59 Å². The second kappa shape index (κ2) is 8.32. The molecule has 1 aliphatic carbocycles. The number of carbonyl (C=O) groups excluding carboxylic acids is 2. The summed E-state index contributed by atoms with van der Waals surface area (Å²) < 4.78 is 12.2. The standard InChI is InChI=1S/C22H34O4Si/c1-8-9-10-15(2)18(23)12-11-16-17-13-21(24)25-19(17)14-20(16)26-27(6,7)22(3,4)5/h11-12,15-17,19-20H,10,13-14H2,1-7H3/b12-11+/t15?,16-,17-,19+,20?/m1/s1. The van der Waals surface area contributed by atoms with Crippen molar-refractivity contribution >= 4 is 20.1 Å². The Bertz CT molecular complexity index is 662. The lowest BCUT2D eigenvalue weighted by molar-refractivity contribution is -0.141. The van der Waals surface area contributed by atoms with E-state index >= 15 is 0 Å². The van der Waals surface area contributed by atoms with Crippen LogP contribution in [-0.4, -0.2) is 32.3 Å². The van der Waals surface area contributed by atoms with Crippen molar-refractivity contribution in [2.24, 2.45) is 17.8 Å². The van der Waals surface area contributed by atoms with Gasteiger partial charge in [0.1, 0.15) is 6.10 Å². The number of ketones is 1. The molecule has 27 heavy (non-hydrogen) atoms. The van der Waals surface area contributed by atoms with Gasteiger partial charge < -0.3 is 9.16 Å². The zero-order valence-corrected chi connectivity index (χ0v) is 18.8. The average Bonchev–Trinajstić information content (AvgIpc) is 3.04. The molecule has 1 saturated heterocycles. The summed E-state index contributed by atoms with van der Waals surface area (Å²) in [7, 11) is -1.95. The van der Waals surface area contributed by atoms with Crippen LogP contribution in [0.4, 0.5) is 0 Å². The smallest absolute Gasteiger partial charge is 0.306 e. The van der Waals surface area contributed by atoms with Crippen LogP contribution in [-0.2, 0) is 18.8 Å². The molecule has 2 rings (SSSR count). The van der Waals surface area contributed by atoms with Gasteiger partial charge in [-0.25, -0.2) is 0 Å². The Morgan fingerprint density at radius 3 is 2.67 bits per heavy atom. The summed E-state index contributed by atoms with van der Waals surface area (Å²) in [4.78, 5) is 24.2. The first kappa shape index (κ1) is 21.9. The Labute approximate surface area is 165 Å². The molecule has 2 aliphatic rings. The van der Waals surface area contributed by atoms with E-state index in [1.54, 1.807) is 13.0 Å². The molecule has 4 nitrogen and oxygen atoms in total. The Morgan fingerprint density at radius 2 is 2.07 bits per heavy atom. The Balaban J connectivity index is 2.16. The lowest BCUT2D eigenvalue weighted by Gasteiger charge is -2.39. The summed E-state index contributed by atoms with van der Waals surface area (Å²) in [6.45, 7) is 14.8. The first-order chi connectivity index (χ1) is 12.5. The van der Waals surface area contributed by atoms with Crippen LogP contribution >= 0.6 is 0 Å². The summed E-state index contributed by atoms with van der Waals surface area (Å²) in [5.74, 6) is 5.79. The van der Waals surface area contributed by atoms with Gasteiger partial charge in [-0.15, -0.1) is 11.8 Å². The molecule has 5 heteroatoms. The molecule has 1 saturated carbocycles. The maximum absolute atomic E-state index is 12.4. The third kappa shape index (κ3) is 5.11. The van der Waals surface area contributed by atoms with Gasteiger partial charge in [-0.1, -0.05) is 33.8 Å². The number of hydrogen-bond acceptors (Lipinski definition) is 4. The van der Waals surface area contributed by atoms with Gasteiger partial charge in [0.15, 0.2) is 14.1 Å². The molecule has 2 unspecified atom stereocenters. The second-order valence-corrected chi connectivity index (χ2v) is 14.2. The van der Waals surface area contributed by atoms with Crippen LogP contribution in [0.25, 0.3) is 0 Å². The minimum Gasteiger partial charge on any atom is -0.462 e. The number of rotatable bonds is 6. The number of allylic oxidation sites excluding steroid dienone is 1. The number of fused-ring (bicyclic) bond motifs is 1. The van der Waals surface area contributed by atoms with Crippen molar-refractivity contribution in [2.45, 2.75) is 84.2 Å². The van der Waals surface area contributed by atoms with Crippen molar-refractivity contribution in [1.82, 2.24) is 0 Å². The fourth-order valence-corrected chi connectivity index (χ4v) is 4.94. The highest BCUT2D eigenvalue weighted by molar-refractivity contribution is 6.74. The maximum atomic E-state index is 12.4. The van der Waals surface area contributed by atoms with E-state index in [-0.39, 0.29) is 46.8 Å². The Morgan fingerprint density at radius 1 is 1.41 bits per heavy atom. The molecule has 0 bridgehead atoms. The van der Waals surface area contributed by atoms with Crippen LogP contribution < -0.4 is 0 Å². The van der Waals surface area contributed by atoms with E-state index in [4.69, 9.17) is 9.16 Å². The van der Waals surface area contributed by atoms with Crippen molar-refractivity contribution in [3.05, 3.63) is 12.2 Å². The molecule has 0 aromatic rings. The molecule has 0 radical (unpaired) electrons. The molecule has 0 amide bonds. The van der Waals surface area contributed by atoms with Crippen LogP contribution in [0.1, 0.15) is 53.9 Å². The minimum absolute atomic E-state index is 0.00350. The lowest BCUT2D eigenvalue weighted by Crippen LogP contribution is -2.45. The third-order valence-electron chi connectivity index (χ3n) is 6.36. The van der Waals surface area contributed by atoms with Gasteiger partial charge in [-0.3, -0.25) is 9.59 Å². The topological polar surface area (TPSA) is 52.6 Å². The van der Waals surface area contributed by atoms with Crippen LogP contribution in [0.3, 0.4) is 0 Å². The zero-order valence-electron chi connectivity index (χ0n) is 17.8. The Kier molecular flexibility index (Phi) is 6.75. The van der Waals surface area contributed by atoms with Crippen LogP contribution in [0.5, 0.6) is 0 Å². The minimum atomic E-state index is -1.95. The van der Waals surface area contributed by atoms with E-state index in [0.717, 1.165) is 6.42 Å². The van der Waals surface area contributed by atoms with Gasteiger partial charge in [0.05, 0.1) is 12.5 Å². The van der Waals surface area contributed by atoms with E-state index in [1.807, 2.05) is 13.0 Å². The zero-order chi connectivity index (χ0) is 20.4. The van der Waals surface area contributed by atoms with Gasteiger partial charge >= 0.3 is 5.97 Å². The second-order valence-electron chi connectivity index (χ2n) is 9.42. The summed E-state index contributed by atoms with van der Waals surface area (Å²) >= 11 is 0. The number of esters is 1. The van der Waals surface area contributed by atoms with Crippen LogP contribution in [0.15, 0.2) is 12.2 Å². The summed E-state index contributed by atoms with van der Waals surface area (Å²) in [5.41, 5.74) is 0. The quantitative estimate of drug-likeness (QED) is 0.290. The molecule has 150 valence electrons. The molecule has 0 N–H and O–H groups in total. The molecule has 0 aromatic carbocycles. The summed E-state index contributed by atoms with van der Waals surface area (Å²) in [5, 5.41) is 0.110. The number of hydrogen-bond donors (Lipinski definition) is 0. The van der Waals surface area contributed by atoms with Crippen molar-refractivity contribution < 1.29 is 18.8 Å². The monoisotopic (exact) mass is 390 g/mol. The molecule has 2 fully saturated rings. The van der Waals surface area contributed by atoms with Crippen LogP contribution in [0, 0.1) is 29.6 Å².